The standard InChI is InChI=1S/C16H18OSi/c1-10-9-14(16(18)12(3)11(10)2)15(17)13-7-5-4-6-8-13/h4-9H,1-3,18H3. The van der Waals surface area contributed by atoms with Gasteiger partial charge in [0, 0.05) is 21.4 Å². The van der Waals surface area contributed by atoms with E-state index >= 15 is 0 Å². The van der Waals surface area contributed by atoms with Crippen LogP contribution in [-0.4, -0.2) is 16.0 Å². The summed E-state index contributed by atoms with van der Waals surface area (Å²) in [7, 11) is 0.902. The fourth-order valence-electron chi connectivity index (χ4n) is 2.19. The molecule has 0 aliphatic rings. The lowest BCUT2D eigenvalue weighted by Crippen LogP contribution is -2.21. The molecule has 0 spiro atoms. The molecule has 2 aromatic rings. The molecule has 0 radical (unpaired) electrons. The molecular weight excluding hydrogens is 236 g/mol. The van der Waals surface area contributed by atoms with Crippen LogP contribution >= 0.6 is 0 Å². The Balaban J connectivity index is 2.56. The third kappa shape index (κ3) is 2.16. The number of hydrogen-bond donors (Lipinski definition) is 0. The number of ketones is 1. The molecule has 92 valence electrons. The second-order valence-corrected chi connectivity index (χ2v) is 5.81. The molecule has 2 rings (SSSR count). The van der Waals surface area contributed by atoms with Gasteiger partial charge in [0.25, 0.3) is 0 Å². The molecule has 2 aromatic carbocycles. The van der Waals surface area contributed by atoms with Crippen molar-refractivity contribution in [3.8, 4) is 0 Å². The van der Waals surface area contributed by atoms with E-state index in [-0.39, 0.29) is 5.78 Å². The number of rotatable bonds is 2. The Labute approximate surface area is 111 Å². The van der Waals surface area contributed by atoms with Crippen LogP contribution in [0.1, 0.15) is 32.6 Å². The largest absolute Gasteiger partial charge is 0.289 e. The Morgan fingerprint density at radius 1 is 1.00 bits per heavy atom. The maximum atomic E-state index is 12.5. The Morgan fingerprint density at radius 3 is 2.22 bits per heavy atom. The van der Waals surface area contributed by atoms with E-state index in [9.17, 15) is 4.79 Å². The molecule has 1 nitrogen and oxygen atoms in total. The number of benzene rings is 2. The first-order valence-electron chi connectivity index (χ1n) is 6.19. The molecular formula is C16H18OSi. The lowest BCUT2D eigenvalue weighted by atomic mass is 9.95. The van der Waals surface area contributed by atoms with E-state index < -0.39 is 0 Å². The van der Waals surface area contributed by atoms with E-state index in [0.717, 1.165) is 21.4 Å². The molecule has 18 heavy (non-hydrogen) atoms. The molecule has 0 amide bonds. The van der Waals surface area contributed by atoms with Gasteiger partial charge in [0.15, 0.2) is 5.78 Å². The Hall–Kier alpha value is -1.67. The predicted octanol–water partition coefficient (Wildman–Crippen LogP) is 1.83. The third-order valence-electron chi connectivity index (χ3n) is 3.76. The van der Waals surface area contributed by atoms with Crippen molar-refractivity contribution < 1.29 is 4.79 Å². The maximum absolute atomic E-state index is 12.5. The van der Waals surface area contributed by atoms with Crippen molar-refractivity contribution in [3.05, 3.63) is 64.2 Å². The maximum Gasteiger partial charge on any atom is 0.192 e. The molecule has 0 saturated heterocycles. The fourth-order valence-corrected chi connectivity index (χ4v) is 2.94. The van der Waals surface area contributed by atoms with Crippen molar-refractivity contribution in [2.75, 3.05) is 0 Å². The van der Waals surface area contributed by atoms with Crippen LogP contribution in [0.5, 0.6) is 0 Å². The van der Waals surface area contributed by atoms with Gasteiger partial charge in [0.05, 0.1) is 0 Å². The smallest absolute Gasteiger partial charge is 0.192 e. The van der Waals surface area contributed by atoms with Gasteiger partial charge in [-0.1, -0.05) is 35.5 Å². The first-order chi connectivity index (χ1) is 8.52. The van der Waals surface area contributed by atoms with Crippen molar-refractivity contribution in [3.63, 3.8) is 0 Å². The van der Waals surface area contributed by atoms with Crippen LogP contribution in [0.4, 0.5) is 0 Å². The van der Waals surface area contributed by atoms with Crippen molar-refractivity contribution in [2.45, 2.75) is 20.8 Å². The van der Waals surface area contributed by atoms with Crippen LogP contribution in [0.25, 0.3) is 0 Å². The van der Waals surface area contributed by atoms with Crippen LogP contribution in [0, 0.1) is 20.8 Å². The lowest BCUT2D eigenvalue weighted by molar-refractivity contribution is 0.103. The van der Waals surface area contributed by atoms with Gasteiger partial charge in [-0.2, -0.15) is 0 Å². The monoisotopic (exact) mass is 254 g/mol. The molecule has 0 bridgehead atoms. The highest BCUT2D eigenvalue weighted by Gasteiger charge is 2.14. The summed E-state index contributed by atoms with van der Waals surface area (Å²) in [4.78, 5) is 12.5. The second-order valence-electron chi connectivity index (χ2n) is 4.81. The zero-order valence-electron chi connectivity index (χ0n) is 11.4. The van der Waals surface area contributed by atoms with Crippen molar-refractivity contribution in [1.82, 2.24) is 0 Å². The summed E-state index contributed by atoms with van der Waals surface area (Å²) in [6.45, 7) is 6.32. The quantitative estimate of drug-likeness (QED) is 0.590. The SMILES string of the molecule is Cc1cc(C(=O)c2ccccc2)c([SiH3])c(C)c1C. The topological polar surface area (TPSA) is 17.1 Å². The van der Waals surface area contributed by atoms with E-state index in [4.69, 9.17) is 0 Å². The van der Waals surface area contributed by atoms with Crippen molar-refractivity contribution in [1.29, 1.82) is 0 Å². The van der Waals surface area contributed by atoms with E-state index in [2.05, 4.69) is 20.8 Å². The lowest BCUT2D eigenvalue weighted by Gasteiger charge is -2.13. The molecule has 0 fully saturated rings. The minimum Gasteiger partial charge on any atom is -0.289 e. The average molecular weight is 254 g/mol. The minimum atomic E-state index is 0.145. The summed E-state index contributed by atoms with van der Waals surface area (Å²) in [5.41, 5.74) is 5.45. The highest BCUT2D eigenvalue weighted by Crippen LogP contribution is 2.15. The first-order valence-corrected chi connectivity index (χ1v) is 7.19. The Kier molecular flexibility index (Phi) is 3.48. The van der Waals surface area contributed by atoms with Gasteiger partial charge in [-0.15, -0.1) is 0 Å². The molecule has 0 aliphatic heterocycles. The minimum absolute atomic E-state index is 0.145. The van der Waals surface area contributed by atoms with Crippen LogP contribution < -0.4 is 5.19 Å². The summed E-state index contributed by atoms with van der Waals surface area (Å²) in [6, 6.07) is 11.6. The van der Waals surface area contributed by atoms with E-state index in [1.165, 1.54) is 21.9 Å². The summed E-state index contributed by atoms with van der Waals surface area (Å²) in [5.74, 6) is 0.145. The summed E-state index contributed by atoms with van der Waals surface area (Å²) < 4.78 is 0. The first kappa shape index (κ1) is 12.8. The van der Waals surface area contributed by atoms with E-state index in [1.807, 2.05) is 36.4 Å². The van der Waals surface area contributed by atoms with Crippen LogP contribution in [0.15, 0.2) is 36.4 Å². The van der Waals surface area contributed by atoms with Crippen molar-refractivity contribution >= 4 is 21.2 Å². The molecule has 0 aromatic heterocycles. The van der Waals surface area contributed by atoms with Crippen LogP contribution in [0.3, 0.4) is 0 Å². The molecule has 2 heteroatoms. The van der Waals surface area contributed by atoms with Gasteiger partial charge in [0.2, 0.25) is 0 Å². The zero-order chi connectivity index (χ0) is 13.3. The molecule has 0 saturated carbocycles. The number of carbonyl (C=O) groups excluding carboxylic acids is 1. The van der Waals surface area contributed by atoms with Gasteiger partial charge in [-0.3, -0.25) is 4.79 Å². The third-order valence-corrected chi connectivity index (χ3v) is 5.05. The average Bonchev–Trinajstić information content (AvgIpc) is 2.41. The molecule has 0 unspecified atom stereocenters. The van der Waals surface area contributed by atoms with E-state index in [0.29, 0.717) is 0 Å². The highest BCUT2D eigenvalue weighted by molar-refractivity contribution is 6.38. The summed E-state index contributed by atoms with van der Waals surface area (Å²) >= 11 is 0. The number of hydrogen-bond acceptors (Lipinski definition) is 1. The molecule has 0 atom stereocenters. The number of carbonyl (C=O) groups is 1. The Morgan fingerprint density at radius 2 is 1.61 bits per heavy atom. The fraction of sp³-hybridized carbons (Fsp3) is 0.188. The molecule has 0 aliphatic carbocycles. The normalized spacial score (nSPS) is 10.6. The van der Waals surface area contributed by atoms with Crippen molar-refractivity contribution in [2.24, 2.45) is 0 Å². The predicted molar refractivity (Wildman–Crippen MR) is 80.1 cm³/mol. The van der Waals surface area contributed by atoms with Gasteiger partial charge < -0.3 is 0 Å². The van der Waals surface area contributed by atoms with Crippen LogP contribution in [0.2, 0.25) is 0 Å². The van der Waals surface area contributed by atoms with Gasteiger partial charge in [-0.25, -0.2) is 0 Å². The van der Waals surface area contributed by atoms with Gasteiger partial charge in [0.1, 0.15) is 0 Å². The van der Waals surface area contributed by atoms with Gasteiger partial charge >= 0.3 is 0 Å². The number of aryl methyl sites for hydroxylation is 1. The van der Waals surface area contributed by atoms with E-state index in [1.54, 1.807) is 0 Å². The Bertz CT molecular complexity index is 600. The second kappa shape index (κ2) is 4.90. The highest BCUT2D eigenvalue weighted by atomic mass is 28.1. The van der Waals surface area contributed by atoms with Gasteiger partial charge in [-0.05, 0) is 43.5 Å². The summed E-state index contributed by atoms with van der Waals surface area (Å²) in [5, 5.41) is 1.23. The molecule has 0 N–H and O–H groups in total. The summed E-state index contributed by atoms with van der Waals surface area (Å²) in [6.07, 6.45) is 0. The zero-order valence-corrected chi connectivity index (χ0v) is 13.4. The molecule has 0 heterocycles. The van der Waals surface area contributed by atoms with Crippen LogP contribution in [-0.2, 0) is 0 Å².